The molecule has 3 aromatic heterocycles. The van der Waals surface area contributed by atoms with E-state index in [9.17, 15) is 23.2 Å². The Hall–Kier alpha value is -3.21. The number of nitrogens with one attached hydrogen (secondary N) is 2. The van der Waals surface area contributed by atoms with Crippen LogP contribution < -0.4 is 16.2 Å². The van der Waals surface area contributed by atoms with Gasteiger partial charge in [-0.15, -0.1) is 11.3 Å². The fourth-order valence-electron chi connectivity index (χ4n) is 4.48. The molecule has 0 bridgehead atoms. The number of carbonyl (C=O) groups excluding carboxylic acids is 2. The molecule has 0 atom stereocenters. The highest BCUT2D eigenvalue weighted by Gasteiger charge is 2.51. The van der Waals surface area contributed by atoms with E-state index in [-0.39, 0.29) is 30.0 Å². The van der Waals surface area contributed by atoms with Crippen LogP contribution in [0.15, 0.2) is 23.3 Å². The number of ketones is 1. The molecule has 0 aromatic carbocycles. The Morgan fingerprint density at radius 1 is 1.19 bits per heavy atom. The Morgan fingerprint density at radius 2 is 1.91 bits per heavy atom. The smallest absolute Gasteiger partial charge is 0.276 e. The van der Waals surface area contributed by atoms with Gasteiger partial charge in [-0.25, -0.2) is 18.7 Å². The van der Waals surface area contributed by atoms with Gasteiger partial charge in [-0.2, -0.15) is 0 Å². The predicted molar refractivity (Wildman–Crippen MR) is 115 cm³/mol. The second-order valence-corrected chi connectivity index (χ2v) is 9.34. The number of anilines is 2. The summed E-state index contributed by atoms with van der Waals surface area (Å²) in [6, 6.07) is 3.22. The van der Waals surface area contributed by atoms with Gasteiger partial charge in [0.1, 0.15) is 34.0 Å². The number of pyridine rings is 1. The molecule has 1 aliphatic heterocycles. The largest absolute Gasteiger partial charge is 0.335 e. The molecule has 1 aliphatic carbocycles. The van der Waals surface area contributed by atoms with Gasteiger partial charge in [0.25, 0.3) is 11.5 Å². The number of fused-ring (bicyclic) bond motifs is 3. The first-order valence-corrected chi connectivity index (χ1v) is 10.9. The van der Waals surface area contributed by atoms with E-state index in [1.54, 1.807) is 19.1 Å². The summed E-state index contributed by atoms with van der Waals surface area (Å²) in [4.78, 5) is 47.4. The van der Waals surface area contributed by atoms with Crippen LogP contribution in [0, 0.1) is 6.92 Å². The third-order valence-corrected chi connectivity index (χ3v) is 7.26. The van der Waals surface area contributed by atoms with Crippen LogP contribution in [0.25, 0.3) is 10.2 Å². The number of Topliss-reactive ketones (excluding diaryl/α,β-unsaturated/α-hetero) is 1. The van der Waals surface area contributed by atoms with Crippen LogP contribution >= 0.6 is 11.3 Å². The summed E-state index contributed by atoms with van der Waals surface area (Å²) in [6.45, 7) is 3.15. The van der Waals surface area contributed by atoms with Crippen molar-refractivity contribution in [2.45, 2.75) is 51.1 Å². The van der Waals surface area contributed by atoms with Crippen molar-refractivity contribution in [1.82, 2.24) is 19.9 Å². The normalized spacial score (nSPS) is 18.6. The summed E-state index contributed by atoms with van der Waals surface area (Å²) < 4.78 is 29.0. The van der Waals surface area contributed by atoms with E-state index in [0.717, 1.165) is 0 Å². The molecule has 3 aromatic rings. The summed E-state index contributed by atoms with van der Waals surface area (Å²) in [6.07, 6.45) is 0.437. The Bertz CT molecular complexity index is 1350. The Morgan fingerprint density at radius 3 is 2.59 bits per heavy atom. The van der Waals surface area contributed by atoms with Crippen LogP contribution in [0.3, 0.4) is 0 Å². The number of hydrogen-bond donors (Lipinski definition) is 2. The van der Waals surface area contributed by atoms with Crippen LogP contribution in [-0.4, -0.2) is 32.1 Å². The number of thiophene rings is 1. The van der Waals surface area contributed by atoms with E-state index in [2.05, 4.69) is 20.6 Å². The van der Waals surface area contributed by atoms with Crippen LogP contribution in [0.4, 0.5) is 20.3 Å². The summed E-state index contributed by atoms with van der Waals surface area (Å²) in [5.74, 6) is -3.01. The lowest BCUT2D eigenvalue weighted by atomic mass is 9.86. The first kappa shape index (κ1) is 20.7. The van der Waals surface area contributed by atoms with Crippen molar-refractivity contribution in [3.63, 3.8) is 0 Å². The van der Waals surface area contributed by atoms with Crippen molar-refractivity contribution in [2.75, 3.05) is 5.32 Å². The minimum atomic E-state index is -2.81. The maximum absolute atomic E-state index is 13.8. The molecule has 8 nitrogen and oxygen atoms in total. The molecule has 32 heavy (non-hydrogen) atoms. The first-order valence-electron chi connectivity index (χ1n) is 10.1. The summed E-state index contributed by atoms with van der Waals surface area (Å²) >= 11 is 1.23. The molecule has 166 valence electrons. The lowest BCUT2D eigenvalue weighted by molar-refractivity contribution is -0.0667. The second kappa shape index (κ2) is 6.89. The molecular weight excluding hydrogens is 440 g/mol. The topological polar surface area (TPSA) is 106 Å². The maximum atomic E-state index is 13.8. The van der Waals surface area contributed by atoms with E-state index >= 15 is 0 Å². The summed E-state index contributed by atoms with van der Waals surface area (Å²) in [5, 5.41) is 6.40. The maximum Gasteiger partial charge on any atom is 0.276 e. The van der Waals surface area contributed by atoms with Gasteiger partial charge in [0.2, 0.25) is 5.92 Å². The number of carbonyl (C=O) groups is 2. The zero-order chi connectivity index (χ0) is 22.8. The number of nitrogens with zero attached hydrogens (tertiary/aromatic N) is 3. The zero-order valence-electron chi connectivity index (χ0n) is 17.3. The SMILES string of the molecule is CC(=O)c1cc2c(Nc3cc(C)c4n(c3=O)C3(CCC(F)(F)CC3)NC4=O)ncnc2s1. The van der Waals surface area contributed by atoms with Crippen molar-refractivity contribution < 1.29 is 18.4 Å². The van der Waals surface area contributed by atoms with E-state index in [1.807, 2.05) is 0 Å². The van der Waals surface area contributed by atoms with E-state index in [1.165, 1.54) is 29.2 Å². The molecule has 11 heteroatoms. The number of aryl methyl sites for hydroxylation is 1. The monoisotopic (exact) mass is 459 g/mol. The molecule has 1 fully saturated rings. The van der Waals surface area contributed by atoms with Gasteiger partial charge in [-0.05, 0) is 44.4 Å². The van der Waals surface area contributed by atoms with Crippen molar-refractivity contribution in [1.29, 1.82) is 0 Å². The molecule has 0 radical (unpaired) electrons. The summed E-state index contributed by atoms with van der Waals surface area (Å²) in [5.41, 5.74) is -0.774. The standard InChI is InChI=1S/C21H19F2N5O3S/c1-10-7-13(26-16-12-8-14(11(2)29)32-18(12)25-9-24-16)19(31)28-15(10)17(30)27-21(28)5-3-20(22,23)4-6-21/h7-9H,3-6H2,1-2H3,(H,27,30)(H,24,25,26). The minimum Gasteiger partial charge on any atom is -0.335 e. The van der Waals surface area contributed by atoms with Gasteiger partial charge in [0.15, 0.2) is 5.78 Å². The molecular formula is C21H19F2N5O3S. The van der Waals surface area contributed by atoms with E-state index in [0.29, 0.717) is 26.5 Å². The number of hydrogen-bond acceptors (Lipinski definition) is 7. The highest BCUT2D eigenvalue weighted by atomic mass is 32.1. The van der Waals surface area contributed by atoms with Crippen molar-refractivity contribution in [2.24, 2.45) is 0 Å². The number of amides is 1. The number of rotatable bonds is 3. The second-order valence-electron chi connectivity index (χ2n) is 8.30. The lowest BCUT2D eigenvalue weighted by Crippen LogP contribution is -2.51. The average molecular weight is 459 g/mol. The number of alkyl halides is 2. The van der Waals surface area contributed by atoms with E-state index < -0.39 is 35.9 Å². The molecule has 5 rings (SSSR count). The highest BCUT2D eigenvalue weighted by Crippen LogP contribution is 2.43. The van der Waals surface area contributed by atoms with Gasteiger partial charge in [-0.3, -0.25) is 19.0 Å². The van der Waals surface area contributed by atoms with Crippen molar-refractivity contribution in [3.05, 3.63) is 44.9 Å². The molecule has 1 spiro atoms. The molecule has 0 saturated heterocycles. The fourth-order valence-corrected chi connectivity index (χ4v) is 5.38. The van der Waals surface area contributed by atoms with Gasteiger partial charge in [0, 0.05) is 12.8 Å². The molecule has 4 heterocycles. The molecule has 2 N–H and O–H groups in total. The van der Waals surface area contributed by atoms with Crippen molar-refractivity contribution in [3.8, 4) is 0 Å². The van der Waals surface area contributed by atoms with Crippen LogP contribution in [-0.2, 0) is 5.66 Å². The predicted octanol–water partition coefficient (Wildman–Crippen LogP) is 3.71. The van der Waals surface area contributed by atoms with E-state index in [4.69, 9.17) is 0 Å². The third-order valence-electron chi connectivity index (χ3n) is 6.12. The first-order chi connectivity index (χ1) is 15.1. The van der Waals surface area contributed by atoms with Crippen LogP contribution in [0.1, 0.15) is 58.3 Å². The summed E-state index contributed by atoms with van der Waals surface area (Å²) in [7, 11) is 0. The average Bonchev–Trinajstić information content (AvgIpc) is 3.29. The van der Waals surface area contributed by atoms with Crippen molar-refractivity contribution >= 4 is 44.7 Å². The lowest BCUT2D eigenvalue weighted by Gasteiger charge is -2.38. The van der Waals surface area contributed by atoms with Crippen LogP contribution in [0.2, 0.25) is 0 Å². The van der Waals surface area contributed by atoms with Gasteiger partial charge in [0.05, 0.1) is 10.3 Å². The number of halogens is 2. The van der Waals surface area contributed by atoms with Gasteiger partial charge >= 0.3 is 0 Å². The van der Waals surface area contributed by atoms with Gasteiger partial charge in [-0.1, -0.05) is 0 Å². The molecule has 2 aliphatic rings. The molecule has 0 unspecified atom stereocenters. The zero-order valence-corrected chi connectivity index (χ0v) is 18.1. The minimum absolute atomic E-state index is 0.0359. The quantitative estimate of drug-likeness (QED) is 0.579. The Kier molecular flexibility index (Phi) is 4.45. The molecule has 1 amide bonds. The Labute approximate surface area is 184 Å². The Balaban J connectivity index is 1.61. The molecule has 1 saturated carbocycles. The highest BCUT2D eigenvalue weighted by molar-refractivity contribution is 7.20. The van der Waals surface area contributed by atoms with Gasteiger partial charge < -0.3 is 10.6 Å². The van der Waals surface area contributed by atoms with Crippen LogP contribution in [0.5, 0.6) is 0 Å². The number of aromatic nitrogens is 3. The third kappa shape index (κ3) is 3.10. The fraction of sp³-hybridized carbons (Fsp3) is 0.381.